The molecule has 1 aromatic carbocycles. The molecule has 1 aliphatic heterocycles. The number of aliphatic hydroxyl groups is 1. The molecule has 76 valence electrons. The van der Waals surface area contributed by atoms with Crippen molar-refractivity contribution in [1.29, 1.82) is 0 Å². The lowest BCUT2D eigenvalue weighted by Gasteiger charge is -2.25. The van der Waals surface area contributed by atoms with Crippen molar-refractivity contribution in [3.8, 4) is 0 Å². The van der Waals surface area contributed by atoms with Crippen LogP contribution in [0.25, 0.3) is 0 Å². The Labute approximate surface area is 82.8 Å². The predicted octanol–water partition coefficient (Wildman–Crippen LogP) is 1.22. The van der Waals surface area contributed by atoms with Gasteiger partial charge in [-0.2, -0.15) is 0 Å². The van der Waals surface area contributed by atoms with E-state index in [0.717, 1.165) is 24.9 Å². The van der Waals surface area contributed by atoms with Gasteiger partial charge in [-0.1, -0.05) is 6.07 Å². The second-order valence-electron chi connectivity index (χ2n) is 3.71. The van der Waals surface area contributed by atoms with E-state index in [-0.39, 0.29) is 18.5 Å². The first-order valence-corrected chi connectivity index (χ1v) is 4.91. The summed E-state index contributed by atoms with van der Waals surface area (Å²) < 4.78 is 12.9. The van der Waals surface area contributed by atoms with E-state index in [9.17, 15) is 4.39 Å². The quantitative estimate of drug-likeness (QED) is 0.743. The van der Waals surface area contributed by atoms with Crippen LogP contribution < -0.4 is 5.32 Å². The van der Waals surface area contributed by atoms with Gasteiger partial charge in [0.15, 0.2) is 0 Å². The number of hydrogen-bond donors (Lipinski definition) is 2. The molecule has 2 nitrogen and oxygen atoms in total. The SMILES string of the molecule is OCCC1Cc2cc(F)ccc2CN1. The Morgan fingerprint density at radius 3 is 3.07 bits per heavy atom. The van der Waals surface area contributed by atoms with E-state index in [1.807, 2.05) is 6.07 Å². The van der Waals surface area contributed by atoms with Crippen molar-refractivity contribution in [2.75, 3.05) is 6.61 Å². The molecule has 3 heteroatoms. The molecule has 1 unspecified atom stereocenters. The summed E-state index contributed by atoms with van der Waals surface area (Å²) in [6.07, 6.45) is 1.55. The summed E-state index contributed by atoms with van der Waals surface area (Å²) in [6.45, 7) is 0.961. The highest BCUT2D eigenvalue weighted by molar-refractivity contribution is 5.30. The third kappa shape index (κ3) is 1.94. The molecule has 2 rings (SSSR count). The maximum absolute atomic E-state index is 12.9. The van der Waals surface area contributed by atoms with Gasteiger partial charge in [-0.15, -0.1) is 0 Å². The Morgan fingerprint density at radius 1 is 1.43 bits per heavy atom. The van der Waals surface area contributed by atoms with E-state index in [1.54, 1.807) is 6.07 Å². The molecule has 0 saturated heterocycles. The van der Waals surface area contributed by atoms with E-state index >= 15 is 0 Å². The van der Waals surface area contributed by atoms with Gasteiger partial charge in [0.1, 0.15) is 5.82 Å². The molecule has 0 saturated carbocycles. The molecular weight excluding hydrogens is 181 g/mol. The van der Waals surface area contributed by atoms with Crippen LogP contribution in [0.15, 0.2) is 18.2 Å². The highest BCUT2D eigenvalue weighted by Gasteiger charge is 2.17. The average Bonchev–Trinajstić information content (AvgIpc) is 2.17. The normalized spacial score (nSPS) is 20.6. The Hall–Kier alpha value is -0.930. The lowest BCUT2D eigenvalue weighted by atomic mass is 9.94. The van der Waals surface area contributed by atoms with Gasteiger partial charge in [-0.25, -0.2) is 4.39 Å². The summed E-state index contributed by atoms with van der Waals surface area (Å²) in [7, 11) is 0. The molecule has 0 fully saturated rings. The zero-order valence-electron chi connectivity index (χ0n) is 7.96. The molecule has 1 aromatic rings. The van der Waals surface area contributed by atoms with Gasteiger partial charge in [0.25, 0.3) is 0 Å². The largest absolute Gasteiger partial charge is 0.396 e. The fraction of sp³-hybridized carbons (Fsp3) is 0.455. The minimum atomic E-state index is -0.173. The summed E-state index contributed by atoms with van der Waals surface area (Å²) in [5.74, 6) is -0.173. The van der Waals surface area contributed by atoms with Crippen molar-refractivity contribution in [2.45, 2.75) is 25.4 Å². The molecule has 1 aliphatic rings. The van der Waals surface area contributed by atoms with Crippen LogP contribution in [0.5, 0.6) is 0 Å². The van der Waals surface area contributed by atoms with Crippen molar-refractivity contribution >= 4 is 0 Å². The minimum Gasteiger partial charge on any atom is -0.396 e. The highest BCUT2D eigenvalue weighted by Crippen LogP contribution is 2.18. The zero-order valence-corrected chi connectivity index (χ0v) is 7.96. The smallest absolute Gasteiger partial charge is 0.123 e. The molecule has 14 heavy (non-hydrogen) atoms. The van der Waals surface area contributed by atoms with Gasteiger partial charge in [0.05, 0.1) is 0 Å². The highest BCUT2D eigenvalue weighted by atomic mass is 19.1. The fourth-order valence-corrected chi connectivity index (χ4v) is 1.91. The summed E-state index contributed by atoms with van der Waals surface area (Å²) >= 11 is 0. The second-order valence-corrected chi connectivity index (χ2v) is 3.71. The Kier molecular flexibility index (Phi) is 2.79. The average molecular weight is 195 g/mol. The standard InChI is InChI=1S/C11H14FNO/c12-10-2-1-8-7-13-11(3-4-14)6-9(8)5-10/h1-2,5,11,13-14H,3-4,6-7H2. The molecule has 0 aromatic heterocycles. The van der Waals surface area contributed by atoms with Crippen molar-refractivity contribution in [3.63, 3.8) is 0 Å². The maximum Gasteiger partial charge on any atom is 0.123 e. The number of aliphatic hydroxyl groups excluding tert-OH is 1. The minimum absolute atomic E-state index is 0.173. The molecule has 1 atom stereocenters. The Balaban J connectivity index is 2.16. The van der Waals surface area contributed by atoms with Crippen LogP contribution in [0.4, 0.5) is 4.39 Å². The molecule has 0 spiro atoms. The number of rotatable bonds is 2. The van der Waals surface area contributed by atoms with Crippen LogP contribution in [-0.2, 0) is 13.0 Å². The second kappa shape index (κ2) is 4.07. The molecular formula is C11H14FNO. The lowest BCUT2D eigenvalue weighted by Crippen LogP contribution is -2.36. The van der Waals surface area contributed by atoms with Gasteiger partial charge in [-0.3, -0.25) is 0 Å². The van der Waals surface area contributed by atoms with Crippen LogP contribution in [0.3, 0.4) is 0 Å². The molecule has 0 aliphatic carbocycles. The number of nitrogens with one attached hydrogen (secondary N) is 1. The van der Waals surface area contributed by atoms with Crippen molar-refractivity contribution in [2.24, 2.45) is 0 Å². The molecule has 0 radical (unpaired) electrons. The first-order chi connectivity index (χ1) is 6.79. The molecule has 0 bridgehead atoms. The van der Waals surface area contributed by atoms with Gasteiger partial charge in [0.2, 0.25) is 0 Å². The van der Waals surface area contributed by atoms with Crippen LogP contribution in [0.2, 0.25) is 0 Å². The predicted molar refractivity (Wildman–Crippen MR) is 52.4 cm³/mol. The van der Waals surface area contributed by atoms with Crippen molar-refractivity contribution in [3.05, 3.63) is 35.1 Å². The summed E-state index contributed by atoms with van der Waals surface area (Å²) in [4.78, 5) is 0. The van der Waals surface area contributed by atoms with Crippen LogP contribution in [0.1, 0.15) is 17.5 Å². The van der Waals surface area contributed by atoms with Crippen LogP contribution in [-0.4, -0.2) is 17.8 Å². The number of halogens is 1. The van der Waals surface area contributed by atoms with Gasteiger partial charge < -0.3 is 10.4 Å². The van der Waals surface area contributed by atoms with Crippen LogP contribution in [0, 0.1) is 5.82 Å². The molecule has 0 amide bonds. The zero-order chi connectivity index (χ0) is 9.97. The van der Waals surface area contributed by atoms with Gasteiger partial charge >= 0.3 is 0 Å². The van der Waals surface area contributed by atoms with E-state index in [2.05, 4.69) is 5.32 Å². The Morgan fingerprint density at radius 2 is 2.29 bits per heavy atom. The number of fused-ring (bicyclic) bond motifs is 1. The van der Waals surface area contributed by atoms with E-state index < -0.39 is 0 Å². The van der Waals surface area contributed by atoms with Crippen molar-refractivity contribution in [1.82, 2.24) is 5.32 Å². The summed E-state index contributed by atoms with van der Waals surface area (Å²) in [6, 6.07) is 5.20. The molecule has 2 N–H and O–H groups in total. The van der Waals surface area contributed by atoms with Gasteiger partial charge in [0, 0.05) is 19.2 Å². The van der Waals surface area contributed by atoms with Gasteiger partial charge in [-0.05, 0) is 36.1 Å². The monoisotopic (exact) mass is 195 g/mol. The third-order valence-electron chi connectivity index (χ3n) is 2.69. The third-order valence-corrected chi connectivity index (χ3v) is 2.69. The summed E-state index contributed by atoms with van der Waals surface area (Å²) in [5, 5.41) is 12.1. The number of benzene rings is 1. The van der Waals surface area contributed by atoms with E-state index in [0.29, 0.717) is 0 Å². The maximum atomic E-state index is 12.9. The first kappa shape index (κ1) is 9.62. The lowest BCUT2D eigenvalue weighted by molar-refractivity contribution is 0.260. The first-order valence-electron chi connectivity index (χ1n) is 4.91. The fourth-order valence-electron chi connectivity index (χ4n) is 1.91. The van der Waals surface area contributed by atoms with E-state index in [1.165, 1.54) is 11.6 Å². The van der Waals surface area contributed by atoms with Crippen LogP contribution >= 0.6 is 0 Å². The Bertz CT molecular complexity index is 327. The molecule has 1 heterocycles. The van der Waals surface area contributed by atoms with E-state index in [4.69, 9.17) is 5.11 Å². The summed E-state index contributed by atoms with van der Waals surface area (Å²) in [5.41, 5.74) is 2.24. The number of hydrogen-bond acceptors (Lipinski definition) is 2. The topological polar surface area (TPSA) is 32.3 Å². The van der Waals surface area contributed by atoms with Crippen molar-refractivity contribution < 1.29 is 9.50 Å².